The molecule has 2 saturated carbocycles. The fourth-order valence-electron chi connectivity index (χ4n) is 5.70. The molecule has 0 bridgehead atoms. The number of likely N-dealkylation sites (tertiary alicyclic amines) is 1. The van der Waals surface area contributed by atoms with Gasteiger partial charge < -0.3 is 4.90 Å². The standard InChI is InChI=1S/C26H24F5N3O3S/c1-32-26(6-3-7-26)23(35)34-14-25(8-9-25)22(33-38(36,37)24(30)31)20(34)12-15-4-2-5-19(21(15)29)16-10-17(27)13-18(28)11-16/h2,4-5,10-11,13,20,22,24,33H,3,6-9,12,14H2/t20-,22+/m0/s1. The highest BCUT2D eigenvalue weighted by Crippen LogP contribution is 2.56. The van der Waals surface area contributed by atoms with E-state index in [9.17, 15) is 30.8 Å². The Hall–Kier alpha value is -3.04. The summed E-state index contributed by atoms with van der Waals surface area (Å²) in [7, 11) is -5.05. The molecule has 6 nitrogen and oxygen atoms in total. The highest BCUT2D eigenvalue weighted by molar-refractivity contribution is 7.89. The molecule has 1 amide bonds. The molecule has 1 heterocycles. The monoisotopic (exact) mass is 553 g/mol. The van der Waals surface area contributed by atoms with Gasteiger partial charge in [-0.2, -0.15) is 8.78 Å². The molecule has 2 aliphatic carbocycles. The molecule has 202 valence electrons. The number of rotatable bonds is 7. The first-order chi connectivity index (χ1) is 17.9. The largest absolute Gasteiger partial charge is 0.350 e. The second-order valence-electron chi connectivity index (χ2n) is 10.4. The molecular formula is C26H24F5N3O3S. The molecule has 0 unspecified atom stereocenters. The van der Waals surface area contributed by atoms with Crippen molar-refractivity contribution in [1.29, 1.82) is 0 Å². The Morgan fingerprint density at radius 3 is 2.29 bits per heavy atom. The van der Waals surface area contributed by atoms with Gasteiger partial charge in [-0.3, -0.25) is 9.64 Å². The second kappa shape index (κ2) is 9.31. The fourth-order valence-corrected chi connectivity index (χ4v) is 6.57. The Labute approximate surface area is 216 Å². The zero-order valence-electron chi connectivity index (χ0n) is 20.1. The molecule has 0 aromatic heterocycles. The van der Waals surface area contributed by atoms with E-state index in [1.165, 1.54) is 23.1 Å². The third kappa shape index (κ3) is 4.45. The van der Waals surface area contributed by atoms with Crippen molar-refractivity contribution in [1.82, 2.24) is 9.62 Å². The van der Waals surface area contributed by atoms with Gasteiger partial charge in [0.1, 0.15) is 17.5 Å². The highest BCUT2D eigenvalue weighted by atomic mass is 32.2. The van der Waals surface area contributed by atoms with Crippen molar-refractivity contribution in [2.75, 3.05) is 6.54 Å². The van der Waals surface area contributed by atoms with E-state index >= 15 is 4.39 Å². The van der Waals surface area contributed by atoms with Crippen molar-refractivity contribution in [3.05, 3.63) is 70.8 Å². The summed E-state index contributed by atoms with van der Waals surface area (Å²) < 4.78 is 96.5. The van der Waals surface area contributed by atoms with Gasteiger partial charge in [0.25, 0.3) is 10.0 Å². The van der Waals surface area contributed by atoms with Crippen molar-refractivity contribution in [2.45, 2.75) is 61.9 Å². The van der Waals surface area contributed by atoms with Gasteiger partial charge in [-0.1, -0.05) is 18.2 Å². The molecular weight excluding hydrogens is 529 g/mol. The molecule has 5 rings (SSSR count). The Balaban J connectivity index is 1.55. The number of sulfonamides is 1. The first-order valence-corrected chi connectivity index (χ1v) is 13.7. The maximum Gasteiger partial charge on any atom is 0.350 e. The number of nitrogens with one attached hydrogen (secondary N) is 1. The minimum atomic E-state index is -5.05. The lowest BCUT2D eigenvalue weighted by atomic mass is 9.76. The van der Waals surface area contributed by atoms with Gasteiger partial charge in [-0.05, 0) is 48.9 Å². The van der Waals surface area contributed by atoms with Crippen LogP contribution in [0.5, 0.6) is 0 Å². The number of benzene rings is 2. The number of alkyl halides is 2. The van der Waals surface area contributed by atoms with E-state index in [-0.39, 0.29) is 29.7 Å². The van der Waals surface area contributed by atoms with Crippen molar-refractivity contribution in [3.8, 4) is 11.1 Å². The zero-order chi connectivity index (χ0) is 27.5. The number of carbonyl (C=O) groups is 1. The molecule has 3 fully saturated rings. The topological polar surface area (TPSA) is 70.8 Å². The number of hydrogen-bond donors (Lipinski definition) is 1. The minimum Gasteiger partial charge on any atom is -0.330 e. The van der Waals surface area contributed by atoms with Crippen molar-refractivity contribution in [3.63, 3.8) is 0 Å². The van der Waals surface area contributed by atoms with Crippen LogP contribution in [-0.2, 0) is 21.2 Å². The van der Waals surface area contributed by atoms with Crippen molar-refractivity contribution < 1.29 is 35.2 Å². The van der Waals surface area contributed by atoms with Crippen LogP contribution in [-0.4, -0.2) is 49.1 Å². The predicted molar refractivity (Wildman–Crippen MR) is 128 cm³/mol. The maximum atomic E-state index is 15.7. The average molecular weight is 554 g/mol. The van der Waals surface area contributed by atoms with Crippen LogP contribution in [0.3, 0.4) is 0 Å². The number of carbonyl (C=O) groups excluding carboxylic acids is 1. The smallest absolute Gasteiger partial charge is 0.330 e. The van der Waals surface area contributed by atoms with Crippen molar-refractivity contribution >= 4 is 15.9 Å². The second-order valence-corrected chi connectivity index (χ2v) is 12.1. The minimum absolute atomic E-state index is 0.0133. The quantitative estimate of drug-likeness (QED) is 0.401. The summed E-state index contributed by atoms with van der Waals surface area (Å²) in [5, 5.41) is 0. The summed E-state index contributed by atoms with van der Waals surface area (Å²) in [5.41, 5.74) is -2.26. The molecule has 2 aromatic rings. The summed E-state index contributed by atoms with van der Waals surface area (Å²) in [6.45, 7) is 7.65. The number of amides is 1. The summed E-state index contributed by atoms with van der Waals surface area (Å²) in [5.74, 6) is -6.86. The van der Waals surface area contributed by atoms with E-state index in [2.05, 4.69) is 9.57 Å². The molecule has 12 heteroatoms. The van der Waals surface area contributed by atoms with Gasteiger partial charge in [0, 0.05) is 42.5 Å². The summed E-state index contributed by atoms with van der Waals surface area (Å²) in [6.07, 6.45) is 2.01. The maximum absolute atomic E-state index is 15.7. The lowest BCUT2D eigenvalue weighted by molar-refractivity contribution is -0.139. The van der Waals surface area contributed by atoms with Crippen LogP contribution in [0.4, 0.5) is 22.0 Å². The normalized spacial score (nSPS) is 23.3. The molecule has 1 aliphatic heterocycles. The molecule has 0 radical (unpaired) electrons. The van der Waals surface area contributed by atoms with E-state index < -0.39 is 62.2 Å². The first-order valence-electron chi connectivity index (χ1n) is 12.1. The van der Waals surface area contributed by atoms with Gasteiger partial charge >= 0.3 is 17.2 Å². The van der Waals surface area contributed by atoms with Crippen molar-refractivity contribution in [2.24, 2.45) is 5.41 Å². The van der Waals surface area contributed by atoms with E-state index in [1.807, 2.05) is 0 Å². The summed E-state index contributed by atoms with van der Waals surface area (Å²) in [6, 6.07) is 4.57. The lowest BCUT2D eigenvalue weighted by Crippen LogP contribution is -2.56. The number of hydrogen-bond acceptors (Lipinski definition) is 3. The molecule has 2 aromatic carbocycles. The van der Waals surface area contributed by atoms with E-state index in [0.29, 0.717) is 38.2 Å². The third-order valence-corrected chi connectivity index (χ3v) is 9.13. The van der Waals surface area contributed by atoms with Gasteiger partial charge in [0.05, 0.1) is 6.04 Å². The van der Waals surface area contributed by atoms with Crippen LogP contribution >= 0.6 is 0 Å². The van der Waals surface area contributed by atoms with Gasteiger partial charge in [0.2, 0.25) is 0 Å². The van der Waals surface area contributed by atoms with Crippen LogP contribution < -0.4 is 4.72 Å². The Kier molecular flexibility index (Phi) is 6.51. The van der Waals surface area contributed by atoms with Gasteiger partial charge in [-0.25, -0.2) is 32.9 Å². The molecule has 1 saturated heterocycles. The predicted octanol–water partition coefficient (Wildman–Crippen LogP) is 4.66. The fraction of sp³-hybridized carbons (Fsp3) is 0.462. The van der Waals surface area contributed by atoms with E-state index in [1.54, 1.807) is 0 Å². The molecule has 38 heavy (non-hydrogen) atoms. The van der Waals surface area contributed by atoms with Crippen LogP contribution in [0.15, 0.2) is 36.4 Å². The van der Waals surface area contributed by atoms with E-state index in [4.69, 9.17) is 6.57 Å². The SMILES string of the molecule is [C-]#[N+]C1(C(=O)N2CC3(CC3)[C@H](NS(=O)(=O)C(F)F)[C@@H]2Cc2cccc(-c3cc(F)cc(F)c3)c2F)CCC1. The summed E-state index contributed by atoms with van der Waals surface area (Å²) in [4.78, 5) is 18.5. The average Bonchev–Trinajstić information content (AvgIpc) is 3.54. The Morgan fingerprint density at radius 2 is 1.76 bits per heavy atom. The van der Waals surface area contributed by atoms with Crippen LogP contribution in [0.25, 0.3) is 16.0 Å². The highest BCUT2D eigenvalue weighted by Gasteiger charge is 2.65. The van der Waals surface area contributed by atoms with Gasteiger partial charge in [-0.15, -0.1) is 0 Å². The number of halogens is 5. The Morgan fingerprint density at radius 1 is 1.11 bits per heavy atom. The van der Waals surface area contributed by atoms with Crippen LogP contribution in [0.2, 0.25) is 0 Å². The molecule has 2 atom stereocenters. The lowest BCUT2D eigenvalue weighted by Gasteiger charge is -2.36. The molecule has 1 N–H and O–H groups in total. The Bertz CT molecular complexity index is 1410. The van der Waals surface area contributed by atoms with Gasteiger partial charge in [0.15, 0.2) is 0 Å². The first kappa shape index (κ1) is 26.6. The molecule has 1 spiro atoms. The van der Waals surface area contributed by atoms with E-state index in [0.717, 1.165) is 12.1 Å². The van der Waals surface area contributed by atoms with Crippen LogP contribution in [0.1, 0.15) is 37.7 Å². The third-order valence-electron chi connectivity index (χ3n) is 8.08. The number of nitrogens with zero attached hydrogens (tertiary/aromatic N) is 2. The van der Waals surface area contributed by atoms with Crippen LogP contribution in [0, 0.1) is 29.4 Å². The zero-order valence-corrected chi connectivity index (χ0v) is 20.9. The summed E-state index contributed by atoms with van der Waals surface area (Å²) >= 11 is 0. The molecule has 3 aliphatic rings.